The molecular formula is C23H23NO. The van der Waals surface area contributed by atoms with Crippen molar-refractivity contribution >= 4 is 11.8 Å². The molecule has 0 radical (unpaired) electrons. The highest BCUT2D eigenvalue weighted by Crippen LogP contribution is 2.40. The van der Waals surface area contributed by atoms with E-state index in [-0.39, 0.29) is 0 Å². The Hall–Kier alpha value is -3.00. The number of rotatable bonds is 5. The summed E-state index contributed by atoms with van der Waals surface area (Å²) < 4.78 is 5.29. The van der Waals surface area contributed by atoms with Gasteiger partial charge >= 0.3 is 0 Å². The van der Waals surface area contributed by atoms with Crippen molar-refractivity contribution in [1.29, 1.82) is 0 Å². The zero-order valence-corrected chi connectivity index (χ0v) is 14.9. The second-order valence-electron chi connectivity index (χ2n) is 5.80. The van der Waals surface area contributed by atoms with Crippen LogP contribution in [0, 0.1) is 0 Å². The van der Waals surface area contributed by atoms with Crippen LogP contribution in [0.2, 0.25) is 0 Å². The quantitative estimate of drug-likeness (QED) is 0.610. The minimum atomic E-state index is 0.865. The number of methoxy groups -OCH3 is 1. The molecule has 25 heavy (non-hydrogen) atoms. The van der Waals surface area contributed by atoms with Crippen molar-refractivity contribution in [3.05, 3.63) is 78.4 Å². The largest absolute Gasteiger partial charge is 0.497 e. The summed E-state index contributed by atoms with van der Waals surface area (Å²) in [6, 6.07) is 23.1. The fourth-order valence-corrected chi connectivity index (χ4v) is 3.12. The summed E-state index contributed by atoms with van der Waals surface area (Å²) in [4.78, 5) is 0. The monoisotopic (exact) mass is 329 g/mol. The van der Waals surface area contributed by atoms with E-state index in [2.05, 4.69) is 66.0 Å². The van der Waals surface area contributed by atoms with E-state index in [0.717, 1.165) is 11.4 Å². The molecule has 3 aromatic carbocycles. The first kappa shape index (κ1) is 16.8. The Balaban J connectivity index is 2.27. The molecule has 3 aromatic rings. The van der Waals surface area contributed by atoms with Gasteiger partial charge in [0, 0.05) is 18.3 Å². The number of hydrogen-bond acceptors (Lipinski definition) is 2. The van der Waals surface area contributed by atoms with Gasteiger partial charge in [0.25, 0.3) is 0 Å². The maximum Gasteiger partial charge on any atom is 0.118 e. The Morgan fingerprint density at radius 3 is 2.16 bits per heavy atom. The van der Waals surface area contributed by atoms with Gasteiger partial charge in [-0.05, 0) is 41.3 Å². The number of anilines is 1. The first-order chi connectivity index (χ1) is 12.3. The second kappa shape index (κ2) is 7.71. The number of ether oxygens (including phenoxy) is 1. The molecule has 0 aliphatic carbocycles. The van der Waals surface area contributed by atoms with Crippen molar-refractivity contribution in [2.45, 2.75) is 6.92 Å². The SMILES string of the molecule is C/C=C/c1ccc(-c2ccc(OC)cc2)c(-c2ccccc2)c1NC. The molecule has 0 amide bonds. The van der Waals surface area contributed by atoms with Gasteiger partial charge in [0.2, 0.25) is 0 Å². The van der Waals surface area contributed by atoms with Gasteiger partial charge in [-0.3, -0.25) is 0 Å². The molecule has 0 bridgehead atoms. The van der Waals surface area contributed by atoms with Gasteiger partial charge < -0.3 is 10.1 Å². The minimum absolute atomic E-state index is 0.865. The molecule has 0 heterocycles. The van der Waals surface area contributed by atoms with Gasteiger partial charge in [-0.1, -0.05) is 66.7 Å². The van der Waals surface area contributed by atoms with Gasteiger partial charge in [-0.25, -0.2) is 0 Å². The van der Waals surface area contributed by atoms with Crippen LogP contribution in [0.4, 0.5) is 5.69 Å². The lowest BCUT2D eigenvalue weighted by Gasteiger charge is -2.18. The Labute approximate surface area is 149 Å². The highest BCUT2D eigenvalue weighted by atomic mass is 16.5. The number of allylic oxidation sites excluding steroid dienone is 1. The summed E-state index contributed by atoms with van der Waals surface area (Å²) >= 11 is 0. The third-order valence-corrected chi connectivity index (χ3v) is 4.30. The molecule has 0 aliphatic rings. The molecule has 0 aromatic heterocycles. The van der Waals surface area contributed by atoms with E-state index < -0.39 is 0 Å². The average molecular weight is 329 g/mol. The van der Waals surface area contributed by atoms with Crippen molar-refractivity contribution < 1.29 is 4.74 Å². The van der Waals surface area contributed by atoms with E-state index >= 15 is 0 Å². The second-order valence-corrected chi connectivity index (χ2v) is 5.80. The summed E-state index contributed by atoms with van der Waals surface area (Å²) in [5.74, 6) is 0.865. The third-order valence-electron chi connectivity index (χ3n) is 4.30. The topological polar surface area (TPSA) is 21.3 Å². The summed E-state index contributed by atoms with van der Waals surface area (Å²) in [7, 11) is 3.67. The Morgan fingerprint density at radius 2 is 1.56 bits per heavy atom. The van der Waals surface area contributed by atoms with Crippen LogP contribution < -0.4 is 10.1 Å². The van der Waals surface area contributed by atoms with E-state index in [9.17, 15) is 0 Å². The van der Waals surface area contributed by atoms with Crippen LogP contribution in [0.15, 0.2) is 72.8 Å². The maximum atomic E-state index is 5.29. The summed E-state index contributed by atoms with van der Waals surface area (Å²) in [5.41, 5.74) is 7.10. The van der Waals surface area contributed by atoms with Gasteiger partial charge in [0.1, 0.15) is 5.75 Å². The van der Waals surface area contributed by atoms with Crippen LogP contribution in [-0.4, -0.2) is 14.2 Å². The Kier molecular flexibility index (Phi) is 5.20. The predicted octanol–water partition coefficient (Wildman–Crippen LogP) is 6.10. The van der Waals surface area contributed by atoms with Crippen LogP contribution in [0.3, 0.4) is 0 Å². The first-order valence-corrected chi connectivity index (χ1v) is 8.45. The highest BCUT2D eigenvalue weighted by Gasteiger charge is 2.14. The number of nitrogens with one attached hydrogen (secondary N) is 1. The van der Waals surface area contributed by atoms with Gasteiger partial charge in [0.15, 0.2) is 0 Å². The smallest absolute Gasteiger partial charge is 0.118 e. The molecule has 0 fully saturated rings. The lowest BCUT2D eigenvalue weighted by atomic mass is 9.90. The van der Waals surface area contributed by atoms with E-state index in [1.165, 1.54) is 27.8 Å². The van der Waals surface area contributed by atoms with Crippen LogP contribution in [0.5, 0.6) is 5.75 Å². The molecule has 0 saturated carbocycles. The molecule has 126 valence electrons. The molecule has 0 aliphatic heterocycles. The minimum Gasteiger partial charge on any atom is -0.497 e. The van der Waals surface area contributed by atoms with Crippen molar-refractivity contribution in [2.75, 3.05) is 19.5 Å². The molecule has 3 rings (SSSR count). The molecule has 0 unspecified atom stereocenters. The molecule has 0 atom stereocenters. The fraction of sp³-hybridized carbons (Fsp3) is 0.130. The van der Waals surface area contributed by atoms with E-state index in [1.807, 2.05) is 32.2 Å². The Morgan fingerprint density at radius 1 is 0.840 bits per heavy atom. The predicted molar refractivity (Wildman–Crippen MR) is 108 cm³/mol. The van der Waals surface area contributed by atoms with Gasteiger partial charge in [-0.15, -0.1) is 0 Å². The molecule has 0 spiro atoms. The average Bonchev–Trinajstić information content (AvgIpc) is 2.68. The van der Waals surface area contributed by atoms with Crippen LogP contribution in [-0.2, 0) is 0 Å². The maximum absolute atomic E-state index is 5.29. The fourth-order valence-electron chi connectivity index (χ4n) is 3.12. The van der Waals surface area contributed by atoms with E-state index in [4.69, 9.17) is 4.74 Å². The lowest BCUT2D eigenvalue weighted by molar-refractivity contribution is 0.415. The lowest BCUT2D eigenvalue weighted by Crippen LogP contribution is -1.98. The first-order valence-electron chi connectivity index (χ1n) is 8.45. The standard InChI is InChI=1S/C23H23NO/c1-4-8-19-13-16-21(17-11-14-20(25-3)15-12-17)22(23(19)24-2)18-9-6-5-7-10-18/h4-16,24H,1-3H3/b8-4+. The summed E-state index contributed by atoms with van der Waals surface area (Å²) in [6.07, 6.45) is 4.20. The van der Waals surface area contributed by atoms with Gasteiger partial charge in [-0.2, -0.15) is 0 Å². The van der Waals surface area contributed by atoms with Crippen molar-refractivity contribution in [3.8, 4) is 28.0 Å². The van der Waals surface area contributed by atoms with Gasteiger partial charge in [0.05, 0.1) is 7.11 Å². The molecular weight excluding hydrogens is 306 g/mol. The molecule has 2 nitrogen and oxygen atoms in total. The van der Waals surface area contributed by atoms with E-state index in [1.54, 1.807) is 7.11 Å². The number of benzene rings is 3. The molecule has 0 saturated heterocycles. The Bertz CT molecular complexity index is 865. The van der Waals surface area contributed by atoms with Crippen molar-refractivity contribution in [1.82, 2.24) is 0 Å². The van der Waals surface area contributed by atoms with Crippen LogP contribution >= 0.6 is 0 Å². The van der Waals surface area contributed by atoms with Crippen molar-refractivity contribution in [2.24, 2.45) is 0 Å². The zero-order valence-electron chi connectivity index (χ0n) is 14.9. The number of hydrogen-bond donors (Lipinski definition) is 1. The summed E-state index contributed by atoms with van der Waals surface area (Å²) in [5, 5.41) is 3.40. The molecule has 2 heteroatoms. The normalized spacial score (nSPS) is 10.8. The van der Waals surface area contributed by atoms with Crippen LogP contribution in [0.1, 0.15) is 12.5 Å². The van der Waals surface area contributed by atoms with Crippen LogP contribution in [0.25, 0.3) is 28.3 Å². The van der Waals surface area contributed by atoms with Crippen molar-refractivity contribution in [3.63, 3.8) is 0 Å². The van der Waals surface area contributed by atoms with E-state index in [0.29, 0.717) is 0 Å². The highest BCUT2D eigenvalue weighted by molar-refractivity contribution is 5.95. The molecule has 1 N–H and O–H groups in total. The third kappa shape index (κ3) is 3.43. The summed E-state index contributed by atoms with van der Waals surface area (Å²) in [6.45, 7) is 2.04. The zero-order chi connectivity index (χ0) is 17.6.